The number of hydrogen-bond acceptors (Lipinski definition) is 2. The van der Waals surface area contributed by atoms with Crippen LogP contribution in [0.2, 0.25) is 0 Å². The standard InChI is InChI=1S/C12H24N2S/c1-4-11(12(13)15)14(10-5-6-10)8-7-9(2)3/h9-11H,4-8H2,1-3H3,(H2,13,15). The summed E-state index contributed by atoms with van der Waals surface area (Å²) in [7, 11) is 0. The lowest BCUT2D eigenvalue weighted by molar-refractivity contribution is 0.214. The van der Waals surface area contributed by atoms with Gasteiger partial charge >= 0.3 is 0 Å². The number of nitrogens with zero attached hydrogens (tertiary/aromatic N) is 1. The number of hydrogen-bond donors (Lipinski definition) is 1. The third-order valence-electron chi connectivity index (χ3n) is 3.10. The Hall–Kier alpha value is -0.150. The highest BCUT2D eigenvalue weighted by molar-refractivity contribution is 7.80. The van der Waals surface area contributed by atoms with E-state index in [1.54, 1.807) is 0 Å². The van der Waals surface area contributed by atoms with Crippen LogP contribution in [0.4, 0.5) is 0 Å². The molecule has 0 spiro atoms. The normalized spacial score (nSPS) is 18.5. The van der Waals surface area contributed by atoms with Crippen molar-refractivity contribution >= 4 is 17.2 Å². The molecule has 2 nitrogen and oxygen atoms in total. The molecule has 1 saturated carbocycles. The first-order valence-corrected chi connectivity index (χ1v) is 6.52. The summed E-state index contributed by atoms with van der Waals surface area (Å²) in [6, 6.07) is 1.08. The summed E-state index contributed by atoms with van der Waals surface area (Å²) in [5.74, 6) is 0.759. The van der Waals surface area contributed by atoms with Gasteiger partial charge in [0, 0.05) is 6.04 Å². The number of nitrogens with two attached hydrogens (primary N) is 1. The maximum Gasteiger partial charge on any atom is 0.0902 e. The van der Waals surface area contributed by atoms with Gasteiger partial charge in [0.05, 0.1) is 11.0 Å². The predicted octanol–water partition coefficient (Wildman–Crippen LogP) is 2.56. The van der Waals surface area contributed by atoms with Crippen LogP contribution in [0.3, 0.4) is 0 Å². The molecular formula is C12H24N2S. The summed E-state index contributed by atoms with van der Waals surface area (Å²) in [4.78, 5) is 3.20. The van der Waals surface area contributed by atoms with E-state index in [4.69, 9.17) is 18.0 Å². The Balaban J connectivity index is 2.51. The Labute approximate surface area is 99.2 Å². The maximum absolute atomic E-state index is 5.81. The lowest BCUT2D eigenvalue weighted by atomic mass is 10.1. The van der Waals surface area contributed by atoms with Gasteiger partial charge in [-0.05, 0) is 38.1 Å². The zero-order chi connectivity index (χ0) is 11.4. The van der Waals surface area contributed by atoms with Crippen LogP contribution in [0.25, 0.3) is 0 Å². The van der Waals surface area contributed by atoms with Crippen LogP contribution in [-0.4, -0.2) is 28.5 Å². The molecule has 88 valence electrons. The monoisotopic (exact) mass is 228 g/mol. The molecule has 0 aromatic rings. The van der Waals surface area contributed by atoms with Crippen molar-refractivity contribution in [1.29, 1.82) is 0 Å². The predicted molar refractivity (Wildman–Crippen MR) is 70.0 cm³/mol. The van der Waals surface area contributed by atoms with Gasteiger partial charge in [-0.2, -0.15) is 0 Å². The van der Waals surface area contributed by atoms with Crippen LogP contribution in [0.15, 0.2) is 0 Å². The summed E-state index contributed by atoms with van der Waals surface area (Å²) >= 11 is 5.16. The minimum absolute atomic E-state index is 0.325. The molecule has 0 saturated heterocycles. The second-order valence-corrected chi connectivity index (χ2v) is 5.45. The Bertz CT molecular complexity index is 212. The first kappa shape index (κ1) is 12.9. The molecule has 0 aromatic carbocycles. The zero-order valence-electron chi connectivity index (χ0n) is 10.2. The first-order valence-electron chi connectivity index (χ1n) is 6.11. The minimum atomic E-state index is 0.325. The molecule has 1 unspecified atom stereocenters. The van der Waals surface area contributed by atoms with Gasteiger partial charge in [0.25, 0.3) is 0 Å². The van der Waals surface area contributed by atoms with E-state index in [9.17, 15) is 0 Å². The van der Waals surface area contributed by atoms with Gasteiger partial charge in [0.15, 0.2) is 0 Å². The van der Waals surface area contributed by atoms with Gasteiger partial charge in [-0.15, -0.1) is 0 Å². The third kappa shape index (κ3) is 4.07. The van der Waals surface area contributed by atoms with E-state index < -0.39 is 0 Å². The molecule has 1 rings (SSSR count). The molecule has 2 N–H and O–H groups in total. The molecule has 15 heavy (non-hydrogen) atoms. The van der Waals surface area contributed by atoms with Crippen LogP contribution < -0.4 is 5.73 Å². The molecule has 1 aliphatic rings. The van der Waals surface area contributed by atoms with Crippen molar-refractivity contribution in [3.8, 4) is 0 Å². The summed E-state index contributed by atoms with van der Waals surface area (Å²) < 4.78 is 0. The van der Waals surface area contributed by atoms with Crippen molar-refractivity contribution in [2.24, 2.45) is 11.7 Å². The molecular weight excluding hydrogens is 204 g/mol. The Morgan fingerprint density at radius 1 is 1.47 bits per heavy atom. The fourth-order valence-corrected chi connectivity index (χ4v) is 2.31. The topological polar surface area (TPSA) is 29.3 Å². The van der Waals surface area contributed by atoms with Crippen molar-refractivity contribution < 1.29 is 0 Å². The van der Waals surface area contributed by atoms with Gasteiger partial charge in [0.2, 0.25) is 0 Å². The van der Waals surface area contributed by atoms with E-state index >= 15 is 0 Å². The number of rotatable bonds is 7. The smallest absolute Gasteiger partial charge is 0.0902 e. The summed E-state index contributed by atoms with van der Waals surface area (Å²) in [5, 5.41) is 0. The number of thiocarbonyl (C=S) groups is 1. The third-order valence-corrected chi connectivity index (χ3v) is 3.37. The largest absolute Gasteiger partial charge is 0.392 e. The van der Waals surface area contributed by atoms with Gasteiger partial charge in [-0.25, -0.2) is 0 Å². The molecule has 0 radical (unpaired) electrons. The van der Waals surface area contributed by atoms with Crippen molar-refractivity contribution in [1.82, 2.24) is 4.90 Å². The van der Waals surface area contributed by atoms with E-state index in [1.165, 1.54) is 19.3 Å². The van der Waals surface area contributed by atoms with Crippen LogP contribution in [0, 0.1) is 5.92 Å². The van der Waals surface area contributed by atoms with Crippen LogP contribution >= 0.6 is 12.2 Å². The lowest BCUT2D eigenvalue weighted by Crippen LogP contribution is -2.45. The van der Waals surface area contributed by atoms with Crippen molar-refractivity contribution in [2.45, 2.75) is 58.5 Å². The van der Waals surface area contributed by atoms with Crippen LogP contribution in [0.5, 0.6) is 0 Å². The van der Waals surface area contributed by atoms with Gasteiger partial charge in [-0.1, -0.05) is 33.0 Å². The van der Waals surface area contributed by atoms with E-state index in [0.29, 0.717) is 11.0 Å². The SMILES string of the molecule is CCC(C(N)=S)N(CCC(C)C)C1CC1. The van der Waals surface area contributed by atoms with E-state index in [1.807, 2.05) is 0 Å². The molecule has 1 fully saturated rings. The summed E-state index contributed by atoms with van der Waals surface area (Å²) in [6.45, 7) is 7.87. The van der Waals surface area contributed by atoms with E-state index in [-0.39, 0.29) is 0 Å². The highest BCUT2D eigenvalue weighted by Gasteiger charge is 2.33. The molecule has 0 heterocycles. The van der Waals surface area contributed by atoms with Crippen molar-refractivity contribution in [3.05, 3.63) is 0 Å². The van der Waals surface area contributed by atoms with E-state index in [2.05, 4.69) is 25.7 Å². The highest BCUT2D eigenvalue weighted by Crippen LogP contribution is 2.30. The van der Waals surface area contributed by atoms with Crippen molar-refractivity contribution in [3.63, 3.8) is 0 Å². The average molecular weight is 228 g/mol. The average Bonchev–Trinajstić information content (AvgIpc) is 2.94. The molecule has 0 aromatic heterocycles. The summed E-state index contributed by atoms with van der Waals surface area (Å²) in [6.07, 6.45) is 4.95. The maximum atomic E-state index is 5.81. The molecule has 1 atom stereocenters. The highest BCUT2D eigenvalue weighted by atomic mass is 32.1. The van der Waals surface area contributed by atoms with Gasteiger partial charge < -0.3 is 5.73 Å². The second kappa shape index (κ2) is 5.80. The molecule has 0 bridgehead atoms. The second-order valence-electron chi connectivity index (χ2n) is 4.98. The van der Waals surface area contributed by atoms with Gasteiger partial charge in [0.1, 0.15) is 0 Å². The molecule has 3 heteroatoms. The summed E-state index contributed by atoms with van der Waals surface area (Å²) in [5.41, 5.74) is 5.81. The molecule has 0 aliphatic heterocycles. The van der Waals surface area contributed by atoms with Crippen LogP contribution in [0.1, 0.15) is 46.5 Å². The van der Waals surface area contributed by atoms with Gasteiger partial charge in [-0.3, -0.25) is 4.90 Å². The Kier molecular flexibility index (Phi) is 5.00. The zero-order valence-corrected chi connectivity index (χ0v) is 11.0. The quantitative estimate of drug-likeness (QED) is 0.679. The Morgan fingerprint density at radius 3 is 2.40 bits per heavy atom. The lowest BCUT2D eigenvalue weighted by Gasteiger charge is -2.30. The molecule has 1 aliphatic carbocycles. The van der Waals surface area contributed by atoms with Crippen LogP contribution in [-0.2, 0) is 0 Å². The van der Waals surface area contributed by atoms with Crippen molar-refractivity contribution in [2.75, 3.05) is 6.54 Å². The Morgan fingerprint density at radius 2 is 2.07 bits per heavy atom. The molecule has 0 amide bonds. The fraction of sp³-hybridized carbons (Fsp3) is 0.917. The van der Waals surface area contributed by atoms with E-state index in [0.717, 1.165) is 24.9 Å². The minimum Gasteiger partial charge on any atom is -0.392 e. The first-order chi connectivity index (χ1) is 7.06. The fourth-order valence-electron chi connectivity index (χ4n) is 2.01.